The number of nitrogens with zero attached hydrogens (tertiary/aromatic N) is 1. The minimum atomic E-state index is -0.192. The third-order valence-electron chi connectivity index (χ3n) is 4.26. The third kappa shape index (κ3) is 2.77. The van der Waals surface area contributed by atoms with Gasteiger partial charge in [0, 0.05) is 19.6 Å². The van der Waals surface area contributed by atoms with E-state index < -0.39 is 0 Å². The first kappa shape index (κ1) is 13.3. The molecule has 0 aliphatic carbocycles. The summed E-state index contributed by atoms with van der Waals surface area (Å²) in [4.78, 5) is 2.45. The molecule has 1 saturated heterocycles. The predicted molar refractivity (Wildman–Crippen MR) is 83.4 cm³/mol. The number of nitrogens with two attached hydrogens (primary N) is 1. The quantitative estimate of drug-likeness (QED) is 0.925. The molecule has 0 radical (unpaired) electrons. The molecule has 1 heterocycles. The zero-order valence-corrected chi connectivity index (χ0v) is 12.0. The highest BCUT2D eigenvalue weighted by Gasteiger charge is 2.35. The van der Waals surface area contributed by atoms with Gasteiger partial charge in [0.25, 0.3) is 0 Å². The van der Waals surface area contributed by atoms with E-state index in [0.29, 0.717) is 0 Å². The molecule has 3 rings (SSSR count). The smallest absolute Gasteiger partial charge is 0.0550 e. The Bertz CT molecular complexity index is 562. The lowest BCUT2D eigenvalue weighted by Crippen LogP contribution is -2.39. The van der Waals surface area contributed by atoms with E-state index in [1.54, 1.807) is 0 Å². The highest BCUT2D eigenvalue weighted by Crippen LogP contribution is 2.30. The predicted octanol–water partition coefficient (Wildman–Crippen LogP) is 3.05. The molecule has 2 N–H and O–H groups in total. The average molecular weight is 266 g/mol. The summed E-state index contributed by atoms with van der Waals surface area (Å²) < 4.78 is 0. The van der Waals surface area contributed by atoms with Crippen molar-refractivity contribution in [3.8, 4) is 0 Å². The largest absolute Gasteiger partial charge is 0.320 e. The van der Waals surface area contributed by atoms with Gasteiger partial charge in [-0.25, -0.2) is 0 Å². The van der Waals surface area contributed by atoms with Crippen molar-refractivity contribution in [2.75, 3.05) is 13.1 Å². The number of rotatable bonds is 3. The van der Waals surface area contributed by atoms with Crippen LogP contribution in [0.15, 0.2) is 54.6 Å². The molecule has 20 heavy (non-hydrogen) atoms. The minimum absolute atomic E-state index is 0.192. The Hall–Kier alpha value is -1.64. The van der Waals surface area contributed by atoms with E-state index in [4.69, 9.17) is 5.73 Å². The van der Waals surface area contributed by atoms with Crippen LogP contribution in [-0.2, 0) is 12.1 Å². The molecule has 2 heteroatoms. The third-order valence-corrected chi connectivity index (χ3v) is 4.26. The molecule has 0 spiro atoms. The van der Waals surface area contributed by atoms with E-state index in [-0.39, 0.29) is 5.54 Å². The first-order valence-electron chi connectivity index (χ1n) is 7.28. The molecule has 2 nitrogen and oxygen atoms in total. The lowest BCUT2D eigenvalue weighted by molar-refractivity contribution is 0.305. The maximum Gasteiger partial charge on any atom is 0.0550 e. The number of benzene rings is 2. The summed E-state index contributed by atoms with van der Waals surface area (Å²) in [5.41, 5.74) is 10.4. The van der Waals surface area contributed by atoms with Crippen LogP contribution in [0, 0.1) is 6.92 Å². The first-order chi connectivity index (χ1) is 9.66. The fourth-order valence-electron chi connectivity index (χ4n) is 3.01. The number of hydrogen-bond acceptors (Lipinski definition) is 2. The summed E-state index contributed by atoms with van der Waals surface area (Å²) in [6.07, 6.45) is 1.03. The lowest BCUT2D eigenvalue weighted by Gasteiger charge is -2.25. The van der Waals surface area contributed by atoms with Crippen LogP contribution in [0.4, 0.5) is 0 Å². The van der Waals surface area contributed by atoms with Crippen molar-refractivity contribution < 1.29 is 0 Å². The minimum Gasteiger partial charge on any atom is -0.320 e. The molecule has 104 valence electrons. The fraction of sp³-hybridized carbons (Fsp3) is 0.333. The van der Waals surface area contributed by atoms with E-state index in [0.717, 1.165) is 26.1 Å². The van der Waals surface area contributed by atoms with Gasteiger partial charge in [0.2, 0.25) is 0 Å². The Kier molecular flexibility index (Phi) is 3.60. The van der Waals surface area contributed by atoms with Gasteiger partial charge in [-0.05, 0) is 24.5 Å². The SMILES string of the molecule is Cc1ccc(C2(N)CCN(Cc3ccccc3)C2)cc1. The lowest BCUT2D eigenvalue weighted by atomic mass is 9.90. The van der Waals surface area contributed by atoms with Crippen LogP contribution >= 0.6 is 0 Å². The number of hydrogen-bond donors (Lipinski definition) is 1. The molecular weight excluding hydrogens is 244 g/mol. The zero-order chi connectivity index (χ0) is 14.0. The van der Waals surface area contributed by atoms with Crippen LogP contribution in [-0.4, -0.2) is 18.0 Å². The maximum atomic E-state index is 6.63. The molecule has 0 bridgehead atoms. The topological polar surface area (TPSA) is 29.3 Å². The zero-order valence-electron chi connectivity index (χ0n) is 12.0. The normalized spacial score (nSPS) is 23.1. The molecule has 0 saturated carbocycles. The second kappa shape index (κ2) is 5.39. The summed E-state index contributed by atoms with van der Waals surface area (Å²) >= 11 is 0. The second-order valence-corrected chi connectivity index (χ2v) is 5.97. The molecule has 1 atom stereocenters. The summed E-state index contributed by atoms with van der Waals surface area (Å²) in [6.45, 7) is 5.11. The van der Waals surface area contributed by atoms with E-state index in [1.807, 2.05) is 0 Å². The van der Waals surface area contributed by atoms with Gasteiger partial charge in [-0.3, -0.25) is 4.90 Å². The Morgan fingerprint density at radius 3 is 2.45 bits per heavy atom. The summed E-state index contributed by atoms with van der Waals surface area (Å²) in [7, 11) is 0. The van der Waals surface area contributed by atoms with Gasteiger partial charge in [-0.1, -0.05) is 60.2 Å². The van der Waals surface area contributed by atoms with Crippen LogP contribution in [0.5, 0.6) is 0 Å². The summed E-state index contributed by atoms with van der Waals surface area (Å²) in [6, 6.07) is 19.3. The van der Waals surface area contributed by atoms with E-state index in [9.17, 15) is 0 Å². The van der Waals surface area contributed by atoms with Gasteiger partial charge in [0.15, 0.2) is 0 Å². The van der Waals surface area contributed by atoms with Gasteiger partial charge in [0.05, 0.1) is 5.54 Å². The highest BCUT2D eigenvalue weighted by molar-refractivity contribution is 5.29. The Morgan fingerprint density at radius 1 is 1.05 bits per heavy atom. The number of aryl methyl sites for hydroxylation is 1. The van der Waals surface area contributed by atoms with Crippen LogP contribution in [0.2, 0.25) is 0 Å². The van der Waals surface area contributed by atoms with Gasteiger partial charge >= 0.3 is 0 Å². The summed E-state index contributed by atoms with van der Waals surface area (Å²) in [5, 5.41) is 0. The van der Waals surface area contributed by atoms with Crippen molar-refractivity contribution in [2.24, 2.45) is 5.73 Å². The highest BCUT2D eigenvalue weighted by atomic mass is 15.2. The van der Waals surface area contributed by atoms with Gasteiger partial charge in [0.1, 0.15) is 0 Å². The summed E-state index contributed by atoms with van der Waals surface area (Å²) in [5.74, 6) is 0. The molecule has 1 aliphatic heterocycles. The molecular formula is C18H22N2. The molecule has 2 aromatic carbocycles. The van der Waals surface area contributed by atoms with E-state index in [1.165, 1.54) is 16.7 Å². The standard InChI is InChI=1S/C18H22N2/c1-15-7-9-17(10-8-15)18(19)11-12-20(14-18)13-16-5-3-2-4-6-16/h2-10H,11-14,19H2,1H3. The Labute approximate surface area is 121 Å². The van der Waals surface area contributed by atoms with Crippen molar-refractivity contribution in [3.63, 3.8) is 0 Å². The van der Waals surface area contributed by atoms with Gasteiger partial charge < -0.3 is 5.73 Å². The molecule has 0 amide bonds. The van der Waals surface area contributed by atoms with Crippen molar-refractivity contribution in [2.45, 2.75) is 25.4 Å². The maximum absolute atomic E-state index is 6.63. The second-order valence-electron chi connectivity index (χ2n) is 5.97. The molecule has 1 unspecified atom stereocenters. The number of likely N-dealkylation sites (tertiary alicyclic amines) is 1. The Balaban J connectivity index is 1.71. The van der Waals surface area contributed by atoms with E-state index in [2.05, 4.69) is 66.4 Å². The van der Waals surface area contributed by atoms with Crippen LogP contribution < -0.4 is 5.73 Å². The van der Waals surface area contributed by atoms with Crippen molar-refractivity contribution in [3.05, 3.63) is 71.3 Å². The molecule has 1 fully saturated rings. The molecule has 2 aromatic rings. The van der Waals surface area contributed by atoms with Crippen molar-refractivity contribution in [1.82, 2.24) is 4.90 Å². The fourth-order valence-corrected chi connectivity index (χ4v) is 3.01. The van der Waals surface area contributed by atoms with Gasteiger partial charge in [-0.2, -0.15) is 0 Å². The van der Waals surface area contributed by atoms with Crippen molar-refractivity contribution in [1.29, 1.82) is 0 Å². The molecule has 0 aromatic heterocycles. The van der Waals surface area contributed by atoms with Crippen LogP contribution in [0.1, 0.15) is 23.1 Å². The average Bonchev–Trinajstić information content (AvgIpc) is 2.83. The van der Waals surface area contributed by atoms with E-state index >= 15 is 0 Å². The van der Waals surface area contributed by atoms with Crippen LogP contribution in [0.25, 0.3) is 0 Å². The van der Waals surface area contributed by atoms with Crippen LogP contribution in [0.3, 0.4) is 0 Å². The van der Waals surface area contributed by atoms with Gasteiger partial charge in [-0.15, -0.1) is 0 Å². The monoisotopic (exact) mass is 266 g/mol. The molecule has 1 aliphatic rings. The Morgan fingerprint density at radius 2 is 1.75 bits per heavy atom. The first-order valence-corrected chi connectivity index (χ1v) is 7.28. The van der Waals surface area contributed by atoms with Crippen molar-refractivity contribution >= 4 is 0 Å².